The Morgan fingerprint density at radius 3 is 2.69 bits per heavy atom. The van der Waals surface area contributed by atoms with Gasteiger partial charge in [-0.05, 0) is 17.7 Å². The van der Waals surface area contributed by atoms with Crippen LogP contribution in [0.5, 0.6) is 0 Å². The summed E-state index contributed by atoms with van der Waals surface area (Å²) < 4.78 is 0. The first kappa shape index (κ1) is 11.4. The maximum absolute atomic E-state index is 9.24. The van der Waals surface area contributed by atoms with E-state index in [4.69, 9.17) is 23.2 Å². The van der Waals surface area contributed by atoms with E-state index in [1.165, 1.54) is 0 Å². The second-order valence-corrected chi connectivity index (χ2v) is 4.08. The van der Waals surface area contributed by atoms with E-state index in [1.807, 2.05) is 12.1 Å². The van der Waals surface area contributed by atoms with Crippen molar-refractivity contribution in [3.05, 3.63) is 52.3 Å². The first-order valence-electron chi connectivity index (χ1n) is 4.72. The first-order chi connectivity index (χ1) is 7.74. The number of benzene rings is 1. The van der Waals surface area contributed by atoms with Crippen LogP contribution in [0.25, 0.3) is 11.1 Å². The van der Waals surface area contributed by atoms with Crippen molar-refractivity contribution >= 4 is 23.2 Å². The summed E-state index contributed by atoms with van der Waals surface area (Å²) in [5, 5.41) is 10.2. The Bertz CT molecular complexity index is 514. The Kier molecular flexibility index (Phi) is 3.44. The number of halogens is 2. The van der Waals surface area contributed by atoms with E-state index in [9.17, 15) is 5.11 Å². The van der Waals surface area contributed by atoms with Gasteiger partial charge in [-0.15, -0.1) is 0 Å². The largest absolute Gasteiger partial charge is 0.392 e. The lowest BCUT2D eigenvalue weighted by Crippen LogP contribution is -1.91. The van der Waals surface area contributed by atoms with Gasteiger partial charge in [-0.2, -0.15) is 0 Å². The summed E-state index contributed by atoms with van der Waals surface area (Å²) >= 11 is 12.1. The van der Waals surface area contributed by atoms with Gasteiger partial charge in [0.25, 0.3) is 0 Å². The smallest absolute Gasteiger partial charge is 0.0689 e. The maximum Gasteiger partial charge on any atom is 0.0689 e. The molecular weight excluding hydrogens is 245 g/mol. The number of hydrogen-bond donors (Lipinski definition) is 1. The lowest BCUT2D eigenvalue weighted by molar-refractivity contribution is 0.282. The Labute approximate surface area is 103 Å². The highest BCUT2D eigenvalue weighted by molar-refractivity contribution is 6.43. The molecule has 0 amide bonds. The fourth-order valence-electron chi connectivity index (χ4n) is 1.52. The molecule has 1 heterocycles. The zero-order valence-electron chi connectivity index (χ0n) is 8.32. The minimum absolute atomic E-state index is 0.0549. The number of aromatic nitrogens is 1. The molecule has 2 rings (SSSR count). The quantitative estimate of drug-likeness (QED) is 0.888. The zero-order valence-corrected chi connectivity index (χ0v) is 9.83. The van der Waals surface area contributed by atoms with Gasteiger partial charge >= 0.3 is 0 Å². The van der Waals surface area contributed by atoms with Crippen LogP contribution in [0.2, 0.25) is 10.0 Å². The van der Waals surface area contributed by atoms with Gasteiger partial charge in [0.15, 0.2) is 0 Å². The molecule has 0 spiro atoms. The SMILES string of the molecule is OCc1ccncc1-c1cccc(Cl)c1Cl. The summed E-state index contributed by atoms with van der Waals surface area (Å²) in [5.41, 5.74) is 2.36. The molecular formula is C12H9Cl2NO. The summed E-state index contributed by atoms with van der Waals surface area (Å²) in [7, 11) is 0. The van der Waals surface area contributed by atoms with E-state index in [0.29, 0.717) is 10.0 Å². The van der Waals surface area contributed by atoms with Crippen LogP contribution in [0, 0.1) is 0 Å². The third-order valence-corrected chi connectivity index (χ3v) is 3.14. The highest BCUT2D eigenvalue weighted by Crippen LogP contribution is 2.34. The molecule has 2 nitrogen and oxygen atoms in total. The predicted octanol–water partition coefficient (Wildman–Crippen LogP) is 3.55. The van der Waals surface area contributed by atoms with Gasteiger partial charge in [-0.25, -0.2) is 0 Å². The van der Waals surface area contributed by atoms with E-state index in [-0.39, 0.29) is 6.61 Å². The predicted molar refractivity (Wildman–Crippen MR) is 65.6 cm³/mol. The van der Waals surface area contributed by atoms with Crippen LogP contribution < -0.4 is 0 Å². The summed E-state index contributed by atoms with van der Waals surface area (Å²) in [6, 6.07) is 7.15. The second-order valence-electron chi connectivity index (χ2n) is 3.29. The highest BCUT2D eigenvalue weighted by atomic mass is 35.5. The van der Waals surface area contributed by atoms with Gasteiger partial charge in [0.1, 0.15) is 0 Å². The molecule has 0 saturated heterocycles. The van der Waals surface area contributed by atoms with Crippen molar-refractivity contribution in [2.75, 3.05) is 0 Å². The van der Waals surface area contributed by atoms with Crippen molar-refractivity contribution < 1.29 is 5.11 Å². The molecule has 0 aliphatic rings. The Morgan fingerprint density at radius 1 is 1.12 bits per heavy atom. The first-order valence-corrected chi connectivity index (χ1v) is 5.47. The van der Waals surface area contributed by atoms with Crippen LogP contribution in [-0.2, 0) is 6.61 Å². The van der Waals surface area contributed by atoms with E-state index in [1.54, 1.807) is 24.5 Å². The average molecular weight is 254 g/mol. The van der Waals surface area contributed by atoms with Crippen molar-refractivity contribution in [2.45, 2.75) is 6.61 Å². The zero-order chi connectivity index (χ0) is 11.5. The number of aliphatic hydroxyl groups is 1. The average Bonchev–Trinajstić information content (AvgIpc) is 2.33. The van der Waals surface area contributed by atoms with Crippen molar-refractivity contribution in [2.24, 2.45) is 0 Å². The maximum atomic E-state index is 9.24. The van der Waals surface area contributed by atoms with E-state index < -0.39 is 0 Å². The molecule has 82 valence electrons. The molecule has 2 aromatic rings. The molecule has 1 N–H and O–H groups in total. The minimum atomic E-state index is -0.0549. The lowest BCUT2D eigenvalue weighted by Gasteiger charge is -2.09. The minimum Gasteiger partial charge on any atom is -0.392 e. The third kappa shape index (κ3) is 2.05. The fraction of sp³-hybridized carbons (Fsp3) is 0.0833. The molecule has 1 aromatic carbocycles. The molecule has 0 aliphatic carbocycles. The van der Waals surface area contributed by atoms with Crippen LogP contribution in [0.3, 0.4) is 0 Å². The Morgan fingerprint density at radius 2 is 1.94 bits per heavy atom. The molecule has 0 saturated carbocycles. The molecule has 1 aromatic heterocycles. The van der Waals surface area contributed by atoms with Crippen molar-refractivity contribution in [1.82, 2.24) is 4.98 Å². The lowest BCUT2D eigenvalue weighted by atomic mass is 10.0. The molecule has 0 fully saturated rings. The molecule has 4 heteroatoms. The topological polar surface area (TPSA) is 33.1 Å². The molecule has 0 atom stereocenters. The van der Waals surface area contributed by atoms with Crippen molar-refractivity contribution in [3.63, 3.8) is 0 Å². The Hall–Kier alpha value is -1.09. The molecule has 0 aliphatic heterocycles. The van der Waals surface area contributed by atoms with Gasteiger partial charge in [-0.3, -0.25) is 4.98 Å². The number of pyridine rings is 1. The van der Waals surface area contributed by atoms with Gasteiger partial charge in [0.2, 0.25) is 0 Å². The van der Waals surface area contributed by atoms with Crippen LogP contribution in [0.15, 0.2) is 36.7 Å². The monoisotopic (exact) mass is 253 g/mol. The molecule has 16 heavy (non-hydrogen) atoms. The second kappa shape index (κ2) is 4.83. The van der Waals surface area contributed by atoms with Crippen molar-refractivity contribution in [3.8, 4) is 11.1 Å². The standard InChI is InChI=1S/C12H9Cl2NO/c13-11-3-1-2-9(12(11)14)10-6-15-5-4-8(10)7-16/h1-6,16H,7H2. The molecule has 0 bridgehead atoms. The van der Waals surface area contributed by atoms with Gasteiger partial charge < -0.3 is 5.11 Å². The summed E-state index contributed by atoms with van der Waals surface area (Å²) in [5.74, 6) is 0. The van der Waals surface area contributed by atoms with Gasteiger partial charge in [-0.1, -0.05) is 35.3 Å². The van der Waals surface area contributed by atoms with Crippen LogP contribution in [0.4, 0.5) is 0 Å². The van der Waals surface area contributed by atoms with E-state index in [0.717, 1.165) is 16.7 Å². The highest BCUT2D eigenvalue weighted by Gasteiger charge is 2.10. The van der Waals surface area contributed by atoms with Crippen LogP contribution in [-0.4, -0.2) is 10.1 Å². The number of hydrogen-bond acceptors (Lipinski definition) is 2. The Balaban J connectivity index is 2.63. The summed E-state index contributed by atoms with van der Waals surface area (Å²) in [4.78, 5) is 4.03. The number of nitrogens with zero attached hydrogens (tertiary/aromatic N) is 1. The van der Waals surface area contributed by atoms with Gasteiger partial charge in [0.05, 0.1) is 16.7 Å². The van der Waals surface area contributed by atoms with Crippen LogP contribution in [0.1, 0.15) is 5.56 Å². The van der Waals surface area contributed by atoms with Crippen LogP contribution >= 0.6 is 23.2 Å². The van der Waals surface area contributed by atoms with E-state index >= 15 is 0 Å². The summed E-state index contributed by atoms with van der Waals surface area (Å²) in [6.07, 6.45) is 3.30. The van der Waals surface area contributed by atoms with Crippen molar-refractivity contribution in [1.29, 1.82) is 0 Å². The number of rotatable bonds is 2. The fourth-order valence-corrected chi connectivity index (χ4v) is 1.92. The molecule has 0 radical (unpaired) electrons. The van der Waals surface area contributed by atoms with E-state index in [2.05, 4.69) is 4.98 Å². The normalized spacial score (nSPS) is 10.4. The summed E-state index contributed by atoms with van der Waals surface area (Å²) in [6.45, 7) is -0.0549. The van der Waals surface area contributed by atoms with Gasteiger partial charge in [0, 0.05) is 23.5 Å². The third-order valence-electron chi connectivity index (χ3n) is 2.32. The molecule has 0 unspecified atom stereocenters. The number of aliphatic hydroxyl groups excluding tert-OH is 1.